The Morgan fingerprint density at radius 1 is 1.27 bits per heavy atom. The van der Waals surface area contributed by atoms with E-state index in [0.717, 1.165) is 12.1 Å². The number of carbonyl (C=O) groups excluding carboxylic acids is 1. The van der Waals surface area contributed by atoms with Gasteiger partial charge in [-0.1, -0.05) is 6.08 Å². The lowest BCUT2D eigenvalue weighted by molar-refractivity contribution is -0.137. The van der Waals surface area contributed by atoms with Crippen molar-refractivity contribution >= 4 is 11.5 Å². The molecule has 1 aromatic rings. The van der Waals surface area contributed by atoms with Crippen molar-refractivity contribution in [1.82, 2.24) is 5.32 Å². The maximum atomic E-state index is 12.9. The Labute approximate surface area is 125 Å². The van der Waals surface area contributed by atoms with Crippen LogP contribution >= 0.6 is 0 Å². The van der Waals surface area contributed by atoms with Crippen LogP contribution in [0.4, 0.5) is 13.2 Å². The fraction of sp³-hybridized carbons (Fsp3) is 0.267. The van der Waals surface area contributed by atoms with Gasteiger partial charge >= 0.3 is 12.1 Å². The summed E-state index contributed by atoms with van der Waals surface area (Å²) in [6.45, 7) is 0.384. The minimum Gasteiger partial charge on any atom is -0.496 e. The van der Waals surface area contributed by atoms with E-state index in [1.165, 1.54) is 26.5 Å². The molecular formula is C15H14F3NO3. The Balaban J connectivity index is 2.56. The minimum absolute atomic E-state index is 0.145. The molecule has 0 saturated carbocycles. The lowest BCUT2D eigenvalue weighted by Crippen LogP contribution is -2.18. The second kappa shape index (κ2) is 6.13. The first-order valence-corrected chi connectivity index (χ1v) is 6.36. The van der Waals surface area contributed by atoms with Crippen molar-refractivity contribution in [3.8, 4) is 5.75 Å². The van der Waals surface area contributed by atoms with Gasteiger partial charge in [-0.05, 0) is 23.8 Å². The van der Waals surface area contributed by atoms with E-state index in [4.69, 9.17) is 4.74 Å². The zero-order chi connectivity index (χ0) is 16.3. The van der Waals surface area contributed by atoms with Crippen LogP contribution in [0.25, 0.3) is 5.57 Å². The summed E-state index contributed by atoms with van der Waals surface area (Å²) in [6, 6.07) is 3.13. The van der Waals surface area contributed by atoms with E-state index in [0.29, 0.717) is 12.1 Å². The predicted octanol–water partition coefficient (Wildman–Crippen LogP) is 2.76. The summed E-state index contributed by atoms with van der Waals surface area (Å²) in [6.07, 6.45) is -1.45. The third kappa shape index (κ3) is 3.08. The van der Waals surface area contributed by atoms with Gasteiger partial charge in [0, 0.05) is 18.3 Å². The molecule has 118 valence electrons. The number of methoxy groups -OCH3 is 2. The van der Waals surface area contributed by atoms with Crippen LogP contribution in [0.3, 0.4) is 0 Å². The van der Waals surface area contributed by atoms with E-state index in [1.54, 1.807) is 6.08 Å². The molecule has 1 heterocycles. The zero-order valence-corrected chi connectivity index (χ0v) is 12.0. The summed E-state index contributed by atoms with van der Waals surface area (Å²) in [4.78, 5) is 11.8. The Morgan fingerprint density at radius 2 is 2.00 bits per heavy atom. The topological polar surface area (TPSA) is 47.6 Å². The predicted molar refractivity (Wildman–Crippen MR) is 74.1 cm³/mol. The molecule has 0 aliphatic carbocycles. The largest absolute Gasteiger partial charge is 0.496 e. The maximum Gasteiger partial charge on any atom is 0.416 e. The zero-order valence-electron chi connectivity index (χ0n) is 12.0. The number of dihydropyridines is 1. The highest BCUT2D eigenvalue weighted by Crippen LogP contribution is 2.37. The molecule has 0 bridgehead atoms. The quantitative estimate of drug-likeness (QED) is 0.872. The molecule has 0 aromatic heterocycles. The maximum absolute atomic E-state index is 12.9. The van der Waals surface area contributed by atoms with Crippen LogP contribution in [-0.4, -0.2) is 26.7 Å². The molecular weight excluding hydrogens is 299 g/mol. The van der Waals surface area contributed by atoms with Gasteiger partial charge in [-0.3, -0.25) is 0 Å². The average Bonchev–Trinajstić information content (AvgIpc) is 2.52. The van der Waals surface area contributed by atoms with Crippen LogP contribution in [0.1, 0.15) is 11.1 Å². The first-order valence-electron chi connectivity index (χ1n) is 6.36. The van der Waals surface area contributed by atoms with E-state index in [2.05, 4.69) is 10.1 Å². The smallest absolute Gasteiger partial charge is 0.416 e. The molecule has 0 spiro atoms. The fourth-order valence-corrected chi connectivity index (χ4v) is 2.14. The monoisotopic (exact) mass is 313 g/mol. The SMILES string of the molecule is COC(=O)C1=CNCC=C1c1cc(C(F)(F)F)ccc1OC. The van der Waals surface area contributed by atoms with Crippen LogP contribution in [0.15, 0.2) is 36.0 Å². The van der Waals surface area contributed by atoms with Crippen LogP contribution < -0.4 is 10.1 Å². The first kappa shape index (κ1) is 15.9. The lowest BCUT2D eigenvalue weighted by atomic mass is 9.94. The van der Waals surface area contributed by atoms with Crippen molar-refractivity contribution in [3.63, 3.8) is 0 Å². The van der Waals surface area contributed by atoms with E-state index >= 15 is 0 Å². The number of nitrogens with one attached hydrogen (secondary N) is 1. The van der Waals surface area contributed by atoms with Crippen molar-refractivity contribution in [2.75, 3.05) is 20.8 Å². The molecule has 1 aliphatic rings. The van der Waals surface area contributed by atoms with Gasteiger partial charge in [0.25, 0.3) is 0 Å². The van der Waals surface area contributed by atoms with Gasteiger partial charge in [0.2, 0.25) is 0 Å². The van der Waals surface area contributed by atoms with E-state index in [9.17, 15) is 18.0 Å². The molecule has 2 rings (SSSR count). The number of hydrogen-bond donors (Lipinski definition) is 1. The lowest BCUT2D eigenvalue weighted by Gasteiger charge is -2.19. The van der Waals surface area contributed by atoms with Gasteiger partial charge in [0.15, 0.2) is 0 Å². The van der Waals surface area contributed by atoms with Gasteiger partial charge in [-0.15, -0.1) is 0 Å². The fourth-order valence-electron chi connectivity index (χ4n) is 2.14. The number of hydrogen-bond acceptors (Lipinski definition) is 4. The van der Waals surface area contributed by atoms with Gasteiger partial charge in [0.1, 0.15) is 5.75 Å². The van der Waals surface area contributed by atoms with Crippen molar-refractivity contribution in [2.24, 2.45) is 0 Å². The highest BCUT2D eigenvalue weighted by Gasteiger charge is 2.32. The number of alkyl halides is 3. The van der Waals surface area contributed by atoms with Crippen molar-refractivity contribution in [2.45, 2.75) is 6.18 Å². The second-order valence-corrected chi connectivity index (χ2v) is 4.49. The number of benzene rings is 1. The molecule has 0 unspecified atom stereocenters. The highest BCUT2D eigenvalue weighted by molar-refractivity contribution is 6.07. The van der Waals surface area contributed by atoms with Gasteiger partial charge < -0.3 is 14.8 Å². The Bertz CT molecular complexity index is 648. The minimum atomic E-state index is -4.48. The van der Waals surface area contributed by atoms with Crippen molar-refractivity contribution < 1.29 is 27.4 Å². The molecule has 4 nitrogen and oxygen atoms in total. The molecule has 1 aliphatic heterocycles. The third-order valence-electron chi connectivity index (χ3n) is 3.18. The average molecular weight is 313 g/mol. The molecule has 22 heavy (non-hydrogen) atoms. The Kier molecular flexibility index (Phi) is 4.44. The Hall–Kier alpha value is -2.44. The van der Waals surface area contributed by atoms with E-state index in [-0.39, 0.29) is 16.9 Å². The van der Waals surface area contributed by atoms with Crippen LogP contribution in [-0.2, 0) is 15.7 Å². The van der Waals surface area contributed by atoms with Gasteiger partial charge in [-0.25, -0.2) is 4.79 Å². The number of carbonyl (C=O) groups is 1. The molecule has 0 fully saturated rings. The summed E-state index contributed by atoms with van der Waals surface area (Å²) < 4.78 is 48.5. The second-order valence-electron chi connectivity index (χ2n) is 4.49. The summed E-state index contributed by atoms with van der Waals surface area (Å²) >= 11 is 0. The molecule has 1 aromatic carbocycles. The summed E-state index contributed by atoms with van der Waals surface area (Å²) in [5.41, 5.74) is -0.137. The van der Waals surface area contributed by atoms with Crippen LogP contribution in [0, 0.1) is 0 Å². The van der Waals surface area contributed by atoms with Crippen LogP contribution in [0.5, 0.6) is 5.75 Å². The first-order chi connectivity index (χ1) is 10.4. The van der Waals surface area contributed by atoms with E-state index in [1.807, 2.05) is 0 Å². The van der Waals surface area contributed by atoms with Crippen molar-refractivity contribution in [3.05, 3.63) is 47.2 Å². The highest BCUT2D eigenvalue weighted by atomic mass is 19.4. The van der Waals surface area contributed by atoms with Crippen molar-refractivity contribution in [1.29, 1.82) is 0 Å². The summed E-state index contributed by atoms with van der Waals surface area (Å²) in [5, 5.41) is 2.83. The number of halogens is 3. The third-order valence-corrected chi connectivity index (χ3v) is 3.18. The molecule has 0 amide bonds. The molecule has 7 heteroatoms. The molecule has 0 saturated heterocycles. The number of rotatable bonds is 3. The summed E-state index contributed by atoms with van der Waals surface area (Å²) in [5.74, 6) is -0.395. The Morgan fingerprint density at radius 3 is 2.59 bits per heavy atom. The standard InChI is InChI=1S/C15H14F3NO3/c1-21-13-4-3-9(15(16,17)18)7-11(13)10-5-6-19-8-12(10)14(20)22-2/h3-5,7-8,19H,6H2,1-2H3. The van der Waals surface area contributed by atoms with Gasteiger partial charge in [-0.2, -0.15) is 13.2 Å². The number of esters is 1. The number of ether oxygens (including phenoxy) is 2. The summed E-state index contributed by atoms with van der Waals surface area (Å²) in [7, 11) is 2.56. The molecule has 1 N–H and O–H groups in total. The molecule has 0 atom stereocenters. The van der Waals surface area contributed by atoms with Gasteiger partial charge in [0.05, 0.1) is 25.4 Å². The van der Waals surface area contributed by atoms with Crippen LogP contribution in [0.2, 0.25) is 0 Å². The molecule has 0 radical (unpaired) electrons. The normalized spacial score (nSPS) is 14.6. The van der Waals surface area contributed by atoms with E-state index < -0.39 is 17.7 Å².